The first-order chi connectivity index (χ1) is 15.0. The fourth-order valence-electron chi connectivity index (χ4n) is 7.15. The van der Waals surface area contributed by atoms with Crippen LogP contribution in [0.1, 0.15) is 48.8 Å². The molecule has 0 radical (unpaired) electrons. The largest absolute Gasteiger partial charge is 0.508 e. The predicted molar refractivity (Wildman–Crippen MR) is 120 cm³/mol. The molecule has 4 nitrogen and oxygen atoms in total. The summed E-state index contributed by atoms with van der Waals surface area (Å²) in [5, 5.41) is 34.1. The van der Waals surface area contributed by atoms with Crippen LogP contribution in [0.3, 0.4) is 0 Å². The summed E-state index contributed by atoms with van der Waals surface area (Å²) in [4.78, 5) is 2.56. The zero-order valence-electron chi connectivity index (χ0n) is 18.1. The minimum atomic E-state index is -0.875. The Morgan fingerprint density at radius 3 is 2.61 bits per heavy atom. The third-order valence-corrected chi connectivity index (χ3v) is 8.87. The second-order valence-corrected chi connectivity index (χ2v) is 10.7. The van der Waals surface area contributed by atoms with Crippen LogP contribution in [0.4, 0.5) is 0 Å². The molecule has 4 aliphatic rings. The van der Waals surface area contributed by atoms with E-state index in [-0.39, 0.29) is 17.7 Å². The Hall–Kier alpha value is -1.88. The molecule has 1 heterocycles. The van der Waals surface area contributed by atoms with Crippen LogP contribution >= 0.6 is 0 Å². The number of piperidine rings is 1. The van der Waals surface area contributed by atoms with Gasteiger partial charge in [0.25, 0.3) is 0 Å². The summed E-state index contributed by atoms with van der Waals surface area (Å²) in [5.74, 6) is 1.09. The van der Waals surface area contributed by atoms with Crippen LogP contribution < -0.4 is 0 Å². The summed E-state index contributed by atoms with van der Waals surface area (Å²) in [6.07, 6.45) is 5.83. The first-order valence-corrected chi connectivity index (χ1v) is 12.0. The smallest absolute Gasteiger partial charge is 0.115 e. The number of likely N-dealkylation sites (tertiary alicyclic amines) is 1. The number of rotatable bonds is 4. The van der Waals surface area contributed by atoms with E-state index in [0.29, 0.717) is 12.8 Å². The van der Waals surface area contributed by atoms with Gasteiger partial charge in [-0.15, -0.1) is 0 Å². The first-order valence-electron chi connectivity index (χ1n) is 12.0. The number of fused-ring (bicyclic) bond motifs is 1. The molecule has 2 saturated carbocycles. The van der Waals surface area contributed by atoms with Crippen LogP contribution in [-0.4, -0.2) is 51.1 Å². The van der Waals surface area contributed by atoms with Crippen LogP contribution in [0, 0.1) is 11.8 Å². The van der Waals surface area contributed by atoms with Crippen LogP contribution in [0.25, 0.3) is 0 Å². The Kier molecular flexibility index (Phi) is 4.51. The number of benzene rings is 2. The van der Waals surface area contributed by atoms with Crippen LogP contribution in [0.2, 0.25) is 0 Å². The predicted octanol–water partition coefficient (Wildman–Crippen LogP) is 3.42. The van der Waals surface area contributed by atoms with Gasteiger partial charge in [0.05, 0.1) is 11.7 Å². The Labute approximate surface area is 184 Å². The van der Waals surface area contributed by atoms with Crippen LogP contribution in [0.5, 0.6) is 5.75 Å². The molecule has 0 aromatic heterocycles. The quantitative estimate of drug-likeness (QED) is 0.711. The van der Waals surface area contributed by atoms with E-state index in [2.05, 4.69) is 17.0 Å². The number of aliphatic hydroxyl groups is 2. The average Bonchev–Trinajstić information content (AvgIpc) is 3.57. The van der Waals surface area contributed by atoms with Gasteiger partial charge in [0, 0.05) is 18.0 Å². The highest BCUT2D eigenvalue weighted by Crippen LogP contribution is 2.60. The zero-order chi connectivity index (χ0) is 21.2. The molecule has 2 aromatic carbocycles. The minimum Gasteiger partial charge on any atom is -0.508 e. The van der Waals surface area contributed by atoms with E-state index in [9.17, 15) is 15.3 Å². The third kappa shape index (κ3) is 3.06. The fourth-order valence-corrected chi connectivity index (χ4v) is 7.15. The lowest BCUT2D eigenvalue weighted by Crippen LogP contribution is -2.74. The van der Waals surface area contributed by atoms with E-state index < -0.39 is 17.1 Å². The van der Waals surface area contributed by atoms with Crippen molar-refractivity contribution >= 4 is 0 Å². The van der Waals surface area contributed by atoms with E-state index in [4.69, 9.17) is 0 Å². The molecular weight excluding hydrogens is 386 g/mol. The van der Waals surface area contributed by atoms with Gasteiger partial charge in [-0.2, -0.15) is 0 Å². The van der Waals surface area contributed by atoms with Gasteiger partial charge in [0.1, 0.15) is 5.75 Å². The van der Waals surface area contributed by atoms with Gasteiger partial charge in [-0.1, -0.05) is 36.4 Å². The maximum absolute atomic E-state index is 12.5. The number of phenolic OH excluding ortho intramolecular Hbond substituents is 1. The van der Waals surface area contributed by atoms with Gasteiger partial charge < -0.3 is 15.3 Å². The Morgan fingerprint density at radius 2 is 1.84 bits per heavy atom. The Bertz CT molecular complexity index is 974. The summed E-state index contributed by atoms with van der Waals surface area (Å²) < 4.78 is 0. The Balaban J connectivity index is 1.41. The van der Waals surface area contributed by atoms with Gasteiger partial charge in [-0.05, 0) is 92.1 Å². The second-order valence-electron chi connectivity index (χ2n) is 10.7. The third-order valence-electron chi connectivity index (χ3n) is 8.87. The molecule has 1 aliphatic heterocycles. The molecule has 3 aliphatic carbocycles. The number of phenols is 1. The lowest BCUT2D eigenvalue weighted by Gasteiger charge is -2.65. The van der Waals surface area contributed by atoms with E-state index >= 15 is 0 Å². The lowest BCUT2D eigenvalue weighted by atomic mass is 9.47. The first kappa shape index (κ1) is 19.8. The standard InChI is InChI=1S/C27H33NO3/c29-22-9-8-20-13-25-27(31)15-21(12-18-4-2-1-3-5-18)24(30)16-26(27,23(20)14-22)10-11-28(25)17-19-6-7-19/h1-5,8-9,14,19,21,24-25,29-31H,6-7,10-13,15-17H2/t21-,24+,25+,26+,27+/m0/s1. The molecule has 5 atom stereocenters. The summed E-state index contributed by atoms with van der Waals surface area (Å²) in [7, 11) is 0. The van der Waals surface area contributed by atoms with Gasteiger partial charge in [0.2, 0.25) is 0 Å². The molecule has 2 aromatic rings. The monoisotopic (exact) mass is 419 g/mol. The van der Waals surface area contributed by atoms with Crippen molar-refractivity contribution in [1.82, 2.24) is 4.90 Å². The normalized spacial score (nSPS) is 37.2. The molecule has 31 heavy (non-hydrogen) atoms. The van der Waals surface area contributed by atoms with Crippen molar-refractivity contribution in [2.24, 2.45) is 11.8 Å². The molecule has 3 N–H and O–H groups in total. The van der Waals surface area contributed by atoms with Crippen molar-refractivity contribution in [2.75, 3.05) is 13.1 Å². The highest BCUT2D eigenvalue weighted by atomic mass is 16.3. The molecule has 164 valence electrons. The zero-order valence-corrected chi connectivity index (χ0v) is 18.1. The molecule has 6 rings (SSSR count). The molecule has 4 heteroatoms. The average molecular weight is 420 g/mol. The number of nitrogens with zero attached hydrogens (tertiary/aromatic N) is 1. The molecule has 0 amide bonds. The topological polar surface area (TPSA) is 63.9 Å². The highest BCUT2D eigenvalue weighted by molar-refractivity contribution is 5.48. The lowest BCUT2D eigenvalue weighted by molar-refractivity contribution is -0.197. The molecule has 0 unspecified atom stereocenters. The Morgan fingerprint density at radius 1 is 1.03 bits per heavy atom. The van der Waals surface area contributed by atoms with Gasteiger partial charge in [-0.3, -0.25) is 4.90 Å². The summed E-state index contributed by atoms with van der Waals surface area (Å²) >= 11 is 0. The summed E-state index contributed by atoms with van der Waals surface area (Å²) in [5.41, 5.74) is 2.19. The van der Waals surface area contributed by atoms with Gasteiger partial charge in [-0.25, -0.2) is 0 Å². The maximum Gasteiger partial charge on any atom is 0.115 e. The molecule has 2 bridgehead atoms. The van der Waals surface area contributed by atoms with Crippen molar-refractivity contribution < 1.29 is 15.3 Å². The number of hydrogen-bond acceptors (Lipinski definition) is 4. The van der Waals surface area contributed by atoms with E-state index in [1.807, 2.05) is 30.3 Å². The van der Waals surface area contributed by atoms with Crippen molar-refractivity contribution in [2.45, 2.75) is 68.1 Å². The minimum absolute atomic E-state index is 0.0442. The molecule has 1 saturated heterocycles. The summed E-state index contributed by atoms with van der Waals surface area (Å²) in [6.45, 7) is 2.05. The van der Waals surface area contributed by atoms with Crippen molar-refractivity contribution in [3.63, 3.8) is 0 Å². The molecular formula is C27H33NO3. The fraction of sp³-hybridized carbons (Fsp3) is 0.556. The van der Waals surface area contributed by atoms with E-state index in [1.165, 1.54) is 24.0 Å². The molecule has 0 spiro atoms. The van der Waals surface area contributed by atoms with E-state index in [1.54, 1.807) is 6.07 Å². The number of aliphatic hydroxyl groups excluding tert-OH is 1. The maximum atomic E-state index is 12.5. The van der Waals surface area contributed by atoms with E-state index in [0.717, 1.165) is 43.8 Å². The number of aromatic hydroxyl groups is 1. The van der Waals surface area contributed by atoms with Crippen molar-refractivity contribution in [1.29, 1.82) is 0 Å². The molecule has 3 fully saturated rings. The highest BCUT2D eigenvalue weighted by Gasteiger charge is 2.66. The van der Waals surface area contributed by atoms with Gasteiger partial charge in [0.15, 0.2) is 0 Å². The second kappa shape index (κ2) is 7.06. The van der Waals surface area contributed by atoms with Crippen molar-refractivity contribution in [3.8, 4) is 5.75 Å². The SMILES string of the molecule is Oc1ccc2c(c1)[C@]13CCN(CC4CC4)[C@H](C2)[C@]1(O)C[C@H](Cc1ccccc1)[C@H](O)C3. The number of hydrogen-bond donors (Lipinski definition) is 3. The summed E-state index contributed by atoms with van der Waals surface area (Å²) in [6, 6.07) is 16.1. The van der Waals surface area contributed by atoms with Crippen LogP contribution in [-0.2, 0) is 18.3 Å². The van der Waals surface area contributed by atoms with Gasteiger partial charge >= 0.3 is 0 Å². The van der Waals surface area contributed by atoms with Crippen molar-refractivity contribution in [3.05, 3.63) is 65.2 Å². The van der Waals surface area contributed by atoms with Crippen LogP contribution in [0.15, 0.2) is 48.5 Å².